The number of aliphatic hydroxyl groups excluding tert-OH is 1. The van der Waals surface area contributed by atoms with Crippen molar-refractivity contribution in [2.24, 2.45) is 5.73 Å². The molecule has 0 saturated heterocycles. The summed E-state index contributed by atoms with van der Waals surface area (Å²) in [6.07, 6.45) is 31.9. The molecule has 0 fully saturated rings. The van der Waals surface area contributed by atoms with Crippen LogP contribution in [0.15, 0.2) is 36.5 Å². The lowest BCUT2D eigenvalue weighted by atomic mass is 10.1. The molecule has 0 aromatic heterocycles. The van der Waals surface area contributed by atoms with Gasteiger partial charge in [0.25, 0.3) is 0 Å². The highest BCUT2D eigenvalue weighted by atomic mass is 31.2. The fourth-order valence-electron chi connectivity index (χ4n) is 4.40. The summed E-state index contributed by atoms with van der Waals surface area (Å²) >= 11 is 0. The first-order valence-electron chi connectivity index (χ1n) is 16.6. The van der Waals surface area contributed by atoms with Gasteiger partial charge in [-0.1, -0.05) is 121 Å². The Labute approximate surface area is 257 Å². The summed E-state index contributed by atoms with van der Waals surface area (Å²) in [5.74, 6) is -0.215. The van der Waals surface area contributed by atoms with Crippen molar-refractivity contribution in [1.29, 1.82) is 0 Å². The highest BCUT2D eigenvalue weighted by Crippen LogP contribution is 2.43. The van der Waals surface area contributed by atoms with E-state index in [4.69, 9.17) is 14.8 Å². The number of phosphoric ester groups is 1. The van der Waals surface area contributed by atoms with Gasteiger partial charge in [0.1, 0.15) is 0 Å². The number of nitrogens with two attached hydrogens (primary N) is 1. The molecule has 3 unspecified atom stereocenters. The lowest BCUT2D eigenvalue weighted by Gasteiger charge is -2.23. The smallest absolute Gasteiger partial charge is 0.387 e. The molecular formula is C33H63N2O6P. The molecule has 1 amide bonds. The molecule has 5 N–H and O–H groups in total. The number of hydrogen-bond acceptors (Lipinski definition) is 6. The topological polar surface area (TPSA) is 131 Å². The fraction of sp³-hybridized carbons (Fsp3) is 0.788. The van der Waals surface area contributed by atoms with Crippen LogP contribution in [0.3, 0.4) is 0 Å². The van der Waals surface area contributed by atoms with E-state index in [1.54, 1.807) is 6.08 Å². The molecule has 0 aliphatic heterocycles. The van der Waals surface area contributed by atoms with E-state index in [0.29, 0.717) is 6.42 Å². The van der Waals surface area contributed by atoms with Crippen LogP contribution in [0, 0.1) is 0 Å². The van der Waals surface area contributed by atoms with Crippen molar-refractivity contribution < 1.29 is 28.4 Å². The lowest BCUT2D eigenvalue weighted by molar-refractivity contribution is -0.123. The Morgan fingerprint density at radius 1 is 0.762 bits per heavy atom. The van der Waals surface area contributed by atoms with Crippen LogP contribution in [-0.2, 0) is 18.4 Å². The summed E-state index contributed by atoms with van der Waals surface area (Å²) in [7, 11) is -4.33. The van der Waals surface area contributed by atoms with Gasteiger partial charge in [-0.25, -0.2) is 4.57 Å². The van der Waals surface area contributed by atoms with Crippen molar-refractivity contribution in [2.45, 2.75) is 148 Å². The molecule has 0 aliphatic carbocycles. The number of unbranched alkanes of at least 4 members (excludes halogenated alkanes) is 14. The molecule has 246 valence electrons. The highest BCUT2D eigenvalue weighted by Gasteiger charge is 2.26. The molecule has 3 atom stereocenters. The van der Waals surface area contributed by atoms with Gasteiger partial charge in [0, 0.05) is 13.0 Å². The number of hydrogen-bond donors (Lipinski definition) is 4. The molecular weight excluding hydrogens is 551 g/mol. The van der Waals surface area contributed by atoms with Crippen LogP contribution in [0.5, 0.6) is 0 Å². The quantitative estimate of drug-likeness (QED) is 0.0366. The molecule has 0 spiro atoms. The number of phosphoric acid groups is 1. The summed E-state index contributed by atoms with van der Waals surface area (Å²) in [5.41, 5.74) is 5.33. The lowest BCUT2D eigenvalue weighted by Crippen LogP contribution is -2.45. The zero-order valence-corrected chi connectivity index (χ0v) is 27.6. The van der Waals surface area contributed by atoms with Crippen LogP contribution < -0.4 is 11.1 Å². The van der Waals surface area contributed by atoms with E-state index in [0.717, 1.165) is 44.9 Å². The normalized spacial score (nSPS) is 15.1. The zero-order chi connectivity index (χ0) is 31.2. The molecule has 0 saturated carbocycles. The van der Waals surface area contributed by atoms with Crippen molar-refractivity contribution in [3.8, 4) is 0 Å². The standard InChI is InChI=1S/C33H63N2O6P/c1-3-5-7-9-11-13-14-15-16-17-19-20-22-24-26-32(36)31(30-41-42(38,39)40-29-28-34)35-33(37)27-25-23-21-18-12-10-8-6-4-2/h13-14,17,19,24,26,31-32,36H,3-12,15-16,18,20-23,25,27-30,34H2,1-2H3,(H,35,37)(H,38,39)/b14-13+,19-17+,26-24+. The SMILES string of the molecule is CCCCCC/C=C/CC/C=C/CC/C=C/C(O)C(COP(=O)(O)OCCN)NC(=O)CCCCCCCCCCC. The Morgan fingerprint density at radius 3 is 1.83 bits per heavy atom. The minimum atomic E-state index is -4.33. The molecule has 0 aromatic carbocycles. The van der Waals surface area contributed by atoms with Crippen LogP contribution in [-0.4, -0.2) is 47.8 Å². The molecule has 8 nitrogen and oxygen atoms in total. The first kappa shape index (κ1) is 40.7. The third-order valence-electron chi connectivity index (χ3n) is 6.95. The van der Waals surface area contributed by atoms with Crippen molar-refractivity contribution in [3.05, 3.63) is 36.5 Å². The second kappa shape index (κ2) is 29.8. The van der Waals surface area contributed by atoms with E-state index in [-0.39, 0.29) is 25.7 Å². The third-order valence-corrected chi connectivity index (χ3v) is 7.93. The second-order valence-corrected chi connectivity index (χ2v) is 12.5. The van der Waals surface area contributed by atoms with Gasteiger partial charge in [-0.15, -0.1) is 0 Å². The zero-order valence-electron chi connectivity index (χ0n) is 26.7. The maximum Gasteiger partial charge on any atom is 0.472 e. The average molecular weight is 615 g/mol. The number of carbonyl (C=O) groups is 1. The number of nitrogens with one attached hydrogen (secondary N) is 1. The van der Waals surface area contributed by atoms with E-state index < -0.39 is 20.0 Å². The summed E-state index contributed by atoms with van der Waals surface area (Å²) in [4.78, 5) is 22.4. The van der Waals surface area contributed by atoms with Gasteiger partial charge in [0.2, 0.25) is 5.91 Å². The van der Waals surface area contributed by atoms with Gasteiger partial charge in [-0.05, 0) is 44.9 Å². The van der Waals surface area contributed by atoms with E-state index in [1.807, 2.05) is 6.08 Å². The monoisotopic (exact) mass is 614 g/mol. The van der Waals surface area contributed by atoms with Crippen LogP contribution in [0.4, 0.5) is 0 Å². The fourth-order valence-corrected chi connectivity index (χ4v) is 5.16. The number of amides is 1. The van der Waals surface area contributed by atoms with Gasteiger partial charge in [-0.3, -0.25) is 13.8 Å². The molecule has 0 radical (unpaired) electrons. The molecule has 0 rings (SSSR count). The van der Waals surface area contributed by atoms with Gasteiger partial charge < -0.3 is 21.1 Å². The maximum atomic E-state index is 12.6. The van der Waals surface area contributed by atoms with E-state index in [9.17, 15) is 19.4 Å². The van der Waals surface area contributed by atoms with Crippen LogP contribution in [0.2, 0.25) is 0 Å². The molecule has 9 heteroatoms. The van der Waals surface area contributed by atoms with Crippen molar-refractivity contribution in [1.82, 2.24) is 5.32 Å². The maximum absolute atomic E-state index is 12.6. The minimum Gasteiger partial charge on any atom is -0.387 e. The number of carbonyl (C=O) groups excluding carboxylic acids is 1. The van der Waals surface area contributed by atoms with E-state index >= 15 is 0 Å². The van der Waals surface area contributed by atoms with Gasteiger partial charge in [0.15, 0.2) is 0 Å². The molecule has 0 aromatic rings. The van der Waals surface area contributed by atoms with Crippen molar-refractivity contribution in [2.75, 3.05) is 19.8 Å². The van der Waals surface area contributed by atoms with Crippen molar-refractivity contribution >= 4 is 13.7 Å². The van der Waals surface area contributed by atoms with E-state index in [1.165, 1.54) is 70.6 Å². The number of aliphatic hydroxyl groups is 1. The Bertz CT molecular complexity index is 759. The van der Waals surface area contributed by atoms with Crippen molar-refractivity contribution in [3.63, 3.8) is 0 Å². The summed E-state index contributed by atoms with van der Waals surface area (Å²) in [6.45, 7) is 4.02. The largest absolute Gasteiger partial charge is 0.472 e. The minimum absolute atomic E-state index is 0.0719. The molecule has 0 aliphatic rings. The van der Waals surface area contributed by atoms with Crippen LogP contribution in [0.25, 0.3) is 0 Å². The second-order valence-electron chi connectivity index (χ2n) is 11.0. The molecule has 42 heavy (non-hydrogen) atoms. The first-order chi connectivity index (χ1) is 20.4. The van der Waals surface area contributed by atoms with Crippen LogP contribution >= 0.6 is 7.82 Å². The summed E-state index contributed by atoms with van der Waals surface area (Å²) < 4.78 is 21.9. The third kappa shape index (κ3) is 27.5. The Kier molecular flexibility index (Phi) is 28.9. The molecule has 0 bridgehead atoms. The predicted molar refractivity (Wildman–Crippen MR) is 175 cm³/mol. The van der Waals surface area contributed by atoms with E-state index in [2.05, 4.69) is 43.5 Å². The van der Waals surface area contributed by atoms with Crippen LogP contribution in [0.1, 0.15) is 136 Å². The highest BCUT2D eigenvalue weighted by molar-refractivity contribution is 7.47. The van der Waals surface area contributed by atoms with Gasteiger partial charge in [0.05, 0.1) is 25.4 Å². The molecule has 0 heterocycles. The summed E-state index contributed by atoms with van der Waals surface area (Å²) in [5, 5.41) is 13.5. The van der Waals surface area contributed by atoms with Gasteiger partial charge >= 0.3 is 7.82 Å². The summed E-state index contributed by atoms with van der Waals surface area (Å²) in [6, 6.07) is -0.876. The average Bonchev–Trinajstić information content (AvgIpc) is 2.97. The number of allylic oxidation sites excluding steroid dienone is 5. The first-order valence-corrected chi connectivity index (χ1v) is 18.1. The Morgan fingerprint density at radius 2 is 1.26 bits per heavy atom. The Balaban J connectivity index is 4.51. The van der Waals surface area contributed by atoms with Gasteiger partial charge in [-0.2, -0.15) is 0 Å². The Hall–Kier alpha value is -1.28. The number of rotatable bonds is 30. The predicted octanol–water partition coefficient (Wildman–Crippen LogP) is 8.04.